The van der Waals surface area contributed by atoms with Crippen molar-refractivity contribution in [2.75, 3.05) is 0 Å². The summed E-state index contributed by atoms with van der Waals surface area (Å²) in [6.07, 6.45) is -4.51. The minimum Gasteiger partial charge on any atom is -0.229 e. The van der Waals surface area contributed by atoms with Crippen LogP contribution >= 0.6 is 11.3 Å². The average Bonchev–Trinajstić information content (AvgIpc) is 3.23. The third-order valence-electron chi connectivity index (χ3n) is 3.90. The molecular weight excluding hydrogens is 347 g/mol. The van der Waals surface area contributed by atoms with Gasteiger partial charge in [0.15, 0.2) is 11.5 Å². The van der Waals surface area contributed by atoms with Crippen molar-refractivity contribution < 1.29 is 13.2 Å². The molecule has 25 heavy (non-hydrogen) atoms. The van der Waals surface area contributed by atoms with Gasteiger partial charge in [0.1, 0.15) is 0 Å². The first-order chi connectivity index (χ1) is 11.9. The number of fused-ring (bicyclic) bond motifs is 1. The van der Waals surface area contributed by atoms with Crippen LogP contribution in [0.1, 0.15) is 11.3 Å². The molecule has 0 aliphatic carbocycles. The molecule has 0 aliphatic heterocycles. The van der Waals surface area contributed by atoms with Crippen LogP contribution in [0.25, 0.3) is 27.3 Å². The molecule has 0 fully saturated rings. The van der Waals surface area contributed by atoms with Crippen molar-refractivity contribution in [2.45, 2.75) is 13.1 Å². The molecule has 0 amide bonds. The van der Waals surface area contributed by atoms with E-state index < -0.39 is 11.9 Å². The van der Waals surface area contributed by atoms with Gasteiger partial charge in [0.2, 0.25) is 0 Å². The van der Waals surface area contributed by atoms with E-state index >= 15 is 0 Å². The van der Waals surface area contributed by atoms with E-state index in [0.29, 0.717) is 16.4 Å². The van der Waals surface area contributed by atoms with E-state index in [2.05, 4.69) is 10.1 Å². The Labute approximate surface area is 145 Å². The van der Waals surface area contributed by atoms with Gasteiger partial charge in [-0.1, -0.05) is 24.3 Å². The summed E-state index contributed by atoms with van der Waals surface area (Å²) < 4.78 is 40.8. The first kappa shape index (κ1) is 15.8. The lowest BCUT2D eigenvalue weighted by Crippen LogP contribution is -2.08. The van der Waals surface area contributed by atoms with Gasteiger partial charge < -0.3 is 0 Å². The number of hydrogen-bond donors (Lipinski definition) is 0. The van der Waals surface area contributed by atoms with Crippen molar-refractivity contribution >= 4 is 22.2 Å². The number of hydrogen-bond acceptors (Lipinski definition) is 3. The number of rotatable bonds is 2. The number of alkyl halides is 3. The van der Waals surface area contributed by atoms with E-state index in [1.54, 1.807) is 18.2 Å². The minimum absolute atomic E-state index is 0.370. The highest BCUT2D eigenvalue weighted by molar-refractivity contribution is 7.13. The fourth-order valence-corrected chi connectivity index (χ4v) is 3.46. The lowest BCUT2D eigenvalue weighted by molar-refractivity contribution is -0.141. The normalized spacial score (nSPS) is 12.0. The van der Waals surface area contributed by atoms with Gasteiger partial charge in [-0.2, -0.15) is 18.3 Å². The van der Waals surface area contributed by atoms with E-state index in [0.717, 1.165) is 22.5 Å². The summed E-state index contributed by atoms with van der Waals surface area (Å²) >= 11 is 1.36. The van der Waals surface area contributed by atoms with Crippen molar-refractivity contribution in [3.05, 3.63) is 65.2 Å². The number of benzene rings is 1. The second kappa shape index (κ2) is 5.70. The summed E-state index contributed by atoms with van der Waals surface area (Å²) in [5.41, 5.74) is 1.11. The van der Waals surface area contributed by atoms with Gasteiger partial charge in [0.05, 0.1) is 16.1 Å². The van der Waals surface area contributed by atoms with Crippen molar-refractivity contribution in [1.29, 1.82) is 0 Å². The summed E-state index contributed by atoms with van der Waals surface area (Å²) in [4.78, 5) is 5.21. The van der Waals surface area contributed by atoms with Gasteiger partial charge in [-0.15, -0.1) is 11.3 Å². The van der Waals surface area contributed by atoms with Gasteiger partial charge in [-0.05, 0) is 42.1 Å². The molecule has 0 saturated carbocycles. The van der Waals surface area contributed by atoms with Crippen molar-refractivity contribution in [3.8, 4) is 16.4 Å². The van der Waals surface area contributed by atoms with Crippen LogP contribution in [0.3, 0.4) is 0 Å². The maximum absolute atomic E-state index is 13.2. The van der Waals surface area contributed by atoms with Crippen LogP contribution in [-0.4, -0.2) is 14.8 Å². The first-order valence-electron chi connectivity index (χ1n) is 7.51. The van der Waals surface area contributed by atoms with Gasteiger partial charge in [-0.3, -0.25) is 0 Å². The second-order valence-electron chi connectivity index (χ2n) is 5.62. The zero-order valence-electron chi connectivity index (χ0n) is 13.1. The van der Waals surface area contributed by atoms with Crippen LogP contribution in [0, 0.1) is 6.92 Å². The molecule has 0 radical (unpaired) electrons. The summed E-state index contributed by atoms with van der Waals surface area (Å²) in [5.74, 6) is 0.370. The van der Waals surface area contributed by atoms with E-state index in [9.17, 15) is 13.2 Å². The maximum atomic E-state index is 13.2. The Morgan fingerprint density at radius 1 is 1.04 bits per heavy atom. The number of para-hydroxylation sites is 1. The number of pyridine rings is 1. The predicted molar refractivity (Wildman–Crippen MR) is 91.9 cm³/mol. The summed E-state index contributed by atoms with van der Waals surface area (Å²) in [6.45, 7) is 1.91. The van der Waals surface area contributed by atoms with Crippen LogP contribution < -0.4 is 0 Å². The second-order valence-corrected chi connectivity index (χ2v) is 6.56. The Balaban J connectivity index is 1.97. The highest BCUT2D eigenvalue weighted by Gasteiger charge is 2.35. The summed E-state index contributed by atoms with van der Waals surface area (Å²) in [7, 11) is 0. The van der Waals surface area contributed by atoms with E-state index in [-0.39, 0.29) is 0 Å². The standard InChI is InChI=1S/C18H12F3N3S/c1-11-9-17(22-13-6-3-2-5-12(11)13)24-14(15-7-4-8-25-15)10-16(23-24)18(19,20)21/h2-10H,1H3. The van der Waals surface area contributed by atoms with Crippen molar-refractivity contribution in [3.63, 3.8) is 0 Å². The third kappa shape index (κ3) is 2.80. The summed E-state index contributed by atoms with van der Waals surface area (Å²) in [6, 6.07) is 13.9. The molecule has 0 bridgehead atoms. The molecule has 3 heterocycles. The highest BCUT2D eigenvalue weighted by atomic mass is 32.1. The number of halogens is 3. The lowest BCUT2D eigenvalue weighted by atomic mass is 10.1. The molecule has 1 aromatic carbocycles. The molecule has 0 unspecified atom stereocenters. The molecule has 0 saturated heterocycles. The fourth-order valence-electron chi connectivity index (χ4n) is 2.73. The third-order valence-corrected chi connectivity index (χ3v) is 4.79. The minimum atomic E-state index is -4.51. The van der Waals surface area contributed by atoms with Crippen LogP contribution in [0.2, 0.25) is 0 Å². The topological polar surface area (TPSA) is 30.7 Å². The zero-order chi connectivity index (χ0) is 17.6. The Morgan fingerprint density at radius 2 is 1.84 bits per heavy atom. The predicted octanol–water partition coefficient (Wildman–Crippen LogP) is 5.48. The number of aryl methyl sites for hydroxylation is 1. The first-order valence-corrected chi connectivity index (χ1v) is 8.39. The fraction of sp³-hybridized carbons (Fsp3) is 0.111. The molecule has 7 heteroatoms. The van der Waals surface area contributed by atoms with Gasteiger partial charge in [-0.25, -0.2) is 9.67 Å². The molecular formula is C18H12F3N3S. The van der Waals surface area contributed by atoms with Gasteiger partial charge in [0, 0.05) is 5.39 Å². The molecule has 0 spiro atoms. The molecule has 3 aromatic heterocycles. The van der Waals surface area contributed by atoms with E-state index in [1.165, 1.54) is 16.0 Å². The van der Waals surface area contributed by atoms with Crippen molar-refractivity contribution in [1.82, 2.24) is 14.8 Å². The molecule has 4 rings (SSSR count). The van der Waals surface area contributed by atoms with Crippen LogP contribution in [-0.2, 0) is 6.18 Å². The number of nitrogens with zero attached hydrogens (tertiary/aromatic N) is 3. The number of thiophene rings is 1. The quantitative estimate of drug-likeness (QED) is 0.475. The average molecular weight is 359 g/mol. The zero-order valence-corrected chi connectivity index (χ0v) is 13.9. The number of aromatic nitrogens is 3. The lowest BCUT2D eigenvalue weighted by Gasteiger charge is -2.09. The Morgan fingerprint density at radius 3 is 2.56 bits per heavy atom. The Kier molecular flexibility index (Phi) is 3.61. The molecule has 0 atom stereocenters. The highest BCUT2D eigenvalue weighted by Crippen LogP contribution is 2.35. The van der Waals surface area contributed by atoms with Gasteiger partial charge >= 0.3 is 6.18 Å². The molecule has 126 valence electrons. The molecule has 4 aromatic rings. The maximum Gasteiger partial charge on any atom is 0.435 e. The Bertz CT molecular complexity index is 1050. The van der Waals surface area contributed by atoms with Crippen LogP contribution in [0.4, 0.5) is 13.2 Å². The van der Waals surface area contributed by atoms with Gasteiger partial charge in [0.25, 0.3) is 0 Å². The van der Waals surface area contributed by atoms with E-state index in [4.69, 9.17) is 0 Å². The van der Waals surface area contributed by atoms with Crippen LogP contribution in [0.5, 0.6) is 0 Å². The SMILES string of the molecule is Cc1cc(-n2nc(C(F)(F)F)cc2-c2cccs2)nc2ccccc12. The van der Waals surface area contributed by atoms with Crippen molar-refractivity contribution in [2.24, 2.45) is 0 Å². The molecule has 0 aliphatic rings. The summed E-state index contributed by atoms with van der Waals surface area (Å²) in [5, 5.41) is 6.57. The molecule has 0 N–H and O–H groups in total. The smallest absolute Gasteiger partial charge is 0.229 e. The van der Waals surface area contributed by atoms with E-state index in [1.807, 2.05) is 36.6 Å². The Hall–Kier alpha value is -2.67. The largest absolute Gasteiger partial charge is 0.435 e. The molecule has 3 nitrogen and oxygen atoms in total. The monoisotopic (exact) mass is 359 g/mol. The van der Waals surface area contributed by atoms with Crippen LogP contribution in [0.15, 0.2) is 53.9 Å².